The zero-order valence-corrected chi connectivity index (χ0v) is 15.6. The van der Waals surface area contributed by atoms with Crippen molar-refractivity contribution in [3.63, 3.8) is 0 Å². The molecular weight excluding hydrogens is 369 g/mol. The molecule has 1 amide bonds. The quantitative estimate of drug-likeness (QED) is 0.839. The Bertz CT molecular complexity index is 790. The summed E-state index contributed by atoms with van der Waals surface area (Å²) in [4.78, 5) is 14.9. The number of ether oxygens (including phenoxy) is 1. The second-order valence-corrected chi connectivity index (χ2v) is 6.84. The number of halogens is 3. The number of nitrogens with one attached hydrogen (secondary N) is 1. The second-order valence-electron chi connectivity index (χ2n) is 6.84. The molecule has 0 saturated carbocycles. The van der Waals surface area contributed by atoms with Crippen molar-refractivity contribution in [1.82, 2.24) is 10.2 Å². The van der Waals surface area contributed by atoms with Crippen LogP contribution in [0.1, 0.15) is 34.5 Å². The van der Waals surface area contributed by atoms with E-state index in [2.05, 4.69) is 10.2 Å². The molecule has 1 aliphatic heterocycles. The van der Waals surface area contributed by atoms with E-state index in [1.807, 2.05) is 37.3 Å². The van der Waals surface area contributed by atoms with Crippen LogP contribution in [0.4, 0.5) is 13.2 Å². The molecule has 1 fully saturated rings. The smallest absolute Gasteiger partial charge is 0.379 e. The summed E-state index contributed by atoms with van der Waals surface area (Å²) in [6, 6.07) is 13.9. The maximum Gasteiger partial charge on any atom is 0.416 e. The molecular formula is C21H23F3N2O2. The highest BCUT2D eigenvalue weighted by molar-refractivity contribution is 5.94. The molecule has 1 aliphatic rings. The van der Waals surface area contributed by atoms with Crippen LogP contribution < -0.4 is 5.32 Å². The van der Waals surface area contributed by atoms with Crippen molar-refractivity contribution in [2.45, 2.75) is 25.2 Å². The number of alkyl halides is 3. The van der Waals surface area contributed by atoms with E-state index in [1.54, 1.807) is 0 Å². The normalized spacial score (nSPS) is 17.7. The predicted octanol–water partition coefficient (Wildman–Crippen LogP) is 3.90. The Morgan fingerprint density at radius 1 is 1.07 bits per heavy atom. The fourth-order valence-corrected chi connectivity index (χ4v) is 3.53. The van der Waals surface area contributed by atoms with Crippen LogP contribution in [0.5, 0.6) is 0 Å². The molecule has 1 saturated heterocycles. The largest absolute Gasteiger partial charge is 0.416 e. The number of carbonyl (C=O) groups is 1. The highest BCUT2D eigenvalue weighted by Crippen LogP contribution is 2.30. The average molecular weight is 392 g/mol. The summed E-state index contributed by atoms with van der Waals surface area (Å²) in [6.45, 7) is 4.54. The fraction of sp³-hybridized carbons (Fsp3) is 0.381. The highest BCUT2D eigenvalue weighted by Gasteiger charge is 2.32. The molecule has 150 valence electrons. The Morgan fingerprint density at radius 3 is 2.39 bits per heavy atom. The van der Waals surface area contributed by atoms with Gasteiger partial charge in [-0.25, -0.2) is 0 Å². The van der Waals surface area contributed by atoms with Crippen LogP contribution in [-0.4, -0.2) is 43.2 Å². The third-order valence-electron chi connectivity index (χ3n) is 4.86. The molecule has 4 nitrogen and oxygen atoms in total. The topological polar surface area (TPSA) is 41.6 Å². The van der Waals surface area contributed by atoms with Gasteiger partial charge in [0.1, 0.15) is 0 Å². The standard InChI is InChI=1S/C21H23F3N2O2/c1-15(25-20(27)17-8-5-9-18(14-17)21(22,23)24)19(16-6-3-2-4-7-16)26-10-12-28-13-11-26/h2-9,14-15,19H,10-13H2,1H3,(H,25,27)/t15-,19+/m0/s1. The van der Waals surface area contributed by atoms with Gasteiger partial charge in [0.2, 0.25) is 0 Å². The molecule has 0 aromatic heterocycles. The van der Waals surface area contributed by atoms with Crippen molar-refractivity contribution in [2.75, 3.05) is 26.3 Å². The van der Waals surface area contributed by atoms with Gasteiger partial charge in [0.25, 0.3) is 5.91 Å². The molecule has 1 N–H and O–H groups in total. The first-order chi connectivity index (χ1) is 13.4. The summed E-state index contributed by atoms with van der Waals surface area (Å²) in [7, 11) is 0. The number of benzene rings is 2. The van der Waals surface area contributed by atoms with Crippen molar-refractivity contribution in [3.05, 3.63) is 71.3 Å². The number of nitrogens with zero attached hydrogens (tertiary/aromatic N) is 1. The molecule has 3 rings (SSSR count). The molecule has 2 aromatic carbocycles. The van der Waals surface area contributed by atoms with Gasteiger partial charge in [-0.2, -0.15) is 13.2 Å². The number of hydrogen-bond donors (Lipinski definition) is 1. The molecule has 0 unspecified atom stereocenters. The summed E-state index contributed by atoms with van der Waals surface area (Å²) in [5.41, 5.74) is 0.206. The molecule has 2 aromatic rings. The van der Waals surface area contributed by atoms with Gasteiger partial charge in [-0.05, 0) is 30.7 Å². The van der Waals surface area contributed by atoms with Gasteiger partial charge < -0.3 is 10.1 Å². The average Bonchev–Trinajstić information content (AvgIpc) is 2.69. The van der Waals surface area contributed by atoms with Crippen molar-refractivity contribution in [3.8, 4) is 0 Å². The van der Waals surface area contributed by atoms with Crippen molar-refractivity contribution in [1.29, 1.82) is 0 Å². The van der Waals surface area contributed by atoms with E-state index in [1.165, 1.54) is 12.1 Å². The molecule has 1 heterocycles. The van der Waals surface area contributed by atoms with Gasteiger partial charge in [-0.3, -0.25) is 9.69 Å². The van der Waals surface area contributed by atoms with E-state index in [0.29, 0.717) is 13.2 Å². The third kappa shape index (κ3) is 4.91. The second kappa shape index (κ2) is 8.75. The Balaban J connectivity index is 1.79. The zero-order valence-electron chi connectivity index (χ0n) is 15.6. The summed E-state index contributed by atoms with van der Waals surface area (Å²) >= 11 is 0. The SMILES string of the molecule is C[C@H](NC(=O)c1cccc(C(F)(F)F)c1)[C@H](c1ccccc1)N1CCOCC1. The van der Waals surface area contributed by atoms with E-state index in [-0.39, 0.29) is 17.6 Å². The van der Waals surface area contributed by atoms with E-state index in [0.717, 1.165) is 30.8 Å². The third-order valence-corrected chi connectivity index (χ3v) is 4.86. The number of carbonyl (C=O) groups excluding carboxylic acids is 1. The molecule has 2 atom stereocenters. The summed E-state index contributed by atoms with van der Waals surface area (Å²) in [5, 5.41) is 2.88. The van der Waals surface area contributed by atoms with Crippen LogP contribution in [0, 0.1) is 0 Å². The van der Waals surface area contributed by atoms with Crippen LogP contribution in [0.2, 0.25) is 0 Å². The van der Waals surface area contributed by atoms with Gasteiger partial charge >= 0.3 is 6.18 Å². The van der Waals surface area contributed by atoms with E-state index in [4.69, 9.17) is 4.74 Å². The molecule has 0 bridgehead atoms. The Labute approximate surface area is 162 Å². The lowest BCUT2D eigenvalue weighted by molar-refractivity contribution is -0.137. The summed E-state index contributed by atoms with van der Waals surface area (Å²) in [5.74, 6) is -0.521. The Kier molecular flexibility index (Phi) is 6.36. The number of hydrogen-bond acceptors (Lipinski definition) is 3. The van der Waals surface area contributed by atoms with Crippen molar-refractivity contribution < 1.29 is 22.7 Å². The van der Waals surface area contributed by atoms with Crippen LogP contribution in [0.25, 0.3) is 0 Å². The van der Waals surface area contributed by atoms with Gasteiger partial charge in [-0.15, -0.1) is 0 Å². The minimum Gasteiger partial charge on any atom is -0.379 e. The maximum absolute atomic E-state index is 12.9. The van der Waals surface area contributed by atoms with E-state index >= 15 is 0 Å². The molecule has 28 heavy (non-hydrogen) atoms. The predicted molar refractivity (Wildman–Crippen MR) is 99.9 cm³/mol. The minimum absolute atomic E-state index is 0.00420. The molecule has 0 radical (unpaired) electrons. The van der Waals surface area contributed by atoms with E-state index < -0.39 is 17.6 Å². The summed E-state index contributed by atoms with van der Waals surface area (Å²) in [6.07, 6.45) is -4.48. The first kappa shape index (κ1) is 20.4. The lowest BCUT2D eigenvalue weighted by Crippen LogP contribution is -2.48. The lowest BCUT2D eigenvalue weighted by Gasteiger charge is -2.38. The monoisotopic (exact) mass is 392 g/mol. The minimum atomic E-state index is -4.48. The van der Waals surface area contributed by atoms with Crippen LogP contribution in [0.3, 0.4) is 0 Å². The zero-order chi connectivity index (χ0) is 20.1. The first-order valence-electron chi connectivity index (χ1n) is 9.21. The van der Waals surface area contributed by atoms with Gasteiger partial charge in [0.05, 0.1) is 24.8 Å². The summed E-state index contributed by atoms with van der Waals surface area (Å²) < 4.78 is 44.2. The van der Waals surface area contributed by atoms with Crippen molar-refractivity contribution >= 4 is 5.91 Å². The van der Waals surface area contributed by atoms with Gasteiger partial charge in [0.15, 0.2) is 0 Å². The van der Waals surface area contributed by atoms with E-state index in [9.17, 15) is 18.0 Å². The Morgan fingerprint density at radius 2 is 1.75 bits per heavy atom. The van der Waals surface area contributed by atoms with Crippen LogP contribution in [-0.2, 0) is 10.9 Å². The van der Waals surface area contributed by atoms with Gasteiger partial charge in [0, 0.05) is 24.7 Å². The van der Waals surface area contributed by atoms with Gasteiger partial charge in [-0.1, -0.05) is 36.4 Å². The fourth-order valence-electron chi connectivity index (χ4n) is 3.53. The van der Waals surface area contributed by atoms with Crippen LogP contribution in [0.15, 0.2) is 54.6 Å². The van der Waals surface area contributed by atoms with Crippen molar-refractivity contribution in [2.24, 2.45) is 0 Å². The molecule has 7 heteroatoms. The number of amides is 1. The van der Waals surface area contributed by atoms with Crippen LogP contribution >= 0.6 is 0 Å². The Hall–Kier alpha value is -2.38. The maximum atomic E-state index is 12.9. The first-order valence-corrected chi connectivity index (χ1v) is 9.21. The lowest BCUT2D eigenvalue weighted by atomic mass is 9.97. The molecule has 0 spiro atoms. The number of rotatable bonds is 5. The molecule has 0 aliphatic carbocycles. The number of morpholine rings is 1. The highest BCUT2D eigenvalue weighted by atomic mass is 19.4.